The monoisotopic (exact) mass is 426 g/mol. The molecule has 4 heterocycles. The number of thioether (sulfide) groups is 1. The van der Waals surface area contributed by atoms with Gasteiger partial charge in [-0.05, 0) is 38.0 Å². The summed E-state index contributed by atoms with van der Waals surface area (Å²) in [5, 5.41) is 1.42. The zero-order chi connectivity index (χ0) is 20.5. The molecule has 8 heteroatoms. The second kappa shape index (κ2) is 8.12. The Hall–Kier alpha value is -2.45. The molecule has 0 atom stereocenters. The lowest BCUT2D eigenvalue weighted by Gasteiger charge is -2.12. The van der Waals surface area contributed by atoms with Crippen LogP contribution in [0.5, 0.6) is 0 Å². The number of hydrogen-bond donors (Lipinski definition) is 0. The van der Waals surface area contributed by atoms with Crippen molar-refractivity contribution in [2.24, 2.45) is 0 Å². The van der Waals surface area contributed by atoms with Gasteiger partial charge >= 0.3 is 0 Å². The number of thiophene rings is 1. The lowest BCUT2D eigenvalue weighted by atomic mass is 10.2. The van der Waals surface area contributed by atoms with E-state index in [1.165, 1.54) is 16.2 Å². The molecule has 4 aromatic rings. The number of rotatable bonds is 6. The summed E-state index contributed by atoms with van der Waals surface area (Å²) in [4.78, 5) is 36.8. The third-order valence-corrected chi connectivity index (χ3v) is 7.07. The molecular weight excluding hydrogens is 404 g/mol. The minimum Gasteiger partial charge on any atom is -0.287 e. The van der Waals surface area contributed by atoms with Gasteiger partial charge in [-0.2, -0.15) is 0 Å². The van der Waals surface area contributed by atoms with E-state index in [0.29, 0.717) is 28.8 Å². The minimum absolute atomic E-state index is 0.0272. The van der Waals surface area contributed by atoms with Crippen molar-refractivity contribution >= 4 is 39.0 Å². The van der Waals surface area contributed by atoms with Crippen LogP contribution in [0.15, 0.2) is 45.2 Å². The Bertz CT molecular complexity index is 1320. The molecule has 0 radical (unpaired) electrons. The van der Waals surface area contributed by atoms with Crippen LogP contribution < -0.4 is 11.1 Å². The molecule has 0 N–H and O–H groups in total. The summed E-state index contributed by atoms with van der Waals surface area (Å²) in [5.74, 6) is 0.480. The first kappa shape index (κ1) is 19.8. The maximum Gasteiger partial charge on any atom is 0.263 e. The van der Waals surface area contributed by atoms with E-state index in [2.05, 4.69) is 11.9 Å². The topological polar surface area (TPSA) is 69.3 Å². The predicted octanol–water partition coefficient (Wildman–Crippen LogP) is 4.18. The average Bonchev–Trinajstić information content (AvgIpc) is 2.99. The van der Waals surface area contributed by atoms with Gasteiger partial charge in [-0.3, -0.25) is 18.6 Å². The van der Waals surface area contributed by atoms with Crippen LogP contribution in [0, 0.1) is 13.8 Å². The zero-order valence-corrected chi connectivity index (χ0v) is 18.3. The largest absolute Gasteiger partial charge is 0.287 e. The van der Waals surface area contributed by atoms with Crippen LogP contribution in [-0.4, -0.2) is 18.9 Å². The molecule has 0 saturated carbocycles. The molecule has 0 aliphatic carbocycles. The minimum atomic E-state index is -0.109. The number of aromatic nitrogens is 4. The molecule has 0 saturated heterocycles. The molecule has 0 unspecified atom stereocenters. The molecule has 0 aliphatic heterocycles. The third-order valence-electron chi connectivity index (χ3n) is 4.96. The summed E-state index contributed by atoms with van der Waals surface area (Å²) in [7, 11) is 0. The number of aryl methyl sites for hydroxylation is 2. The van der Waals surface area contributed by atoms with Gasteiger partial charge in [0.1, 0.15) is 10.5 Å². The number of unbranched alkanes of at least 4 members (excludes halogenated alkanes) is 1. The van der Waals surface area contributed by atoms with Crippen molar-refractivity contribution in [3.05, 3.63) is 67.3 Å². The average molecular weight is 427 g/mol. The van der Waals surface area contributed by atoms with E-state index < -0.39 is 0 Å². The van der Waals surface area contributed by atoms with E-state index >= 15 is 0 Å². The second-order valence-corrected chi connectivity index (χ2v) is 9.12. The molecule has 4 rings (SSSR count). The van der Waals surface area contributed by atoms with Gasteiger partial charge in [0.25, 0.3) is 11.1 Å². The Labute approximate surface area is 176 Å². The van der Waals surface area contributed by atoms with Gasteiger partial charge < -0.3 is 0 Å². The van der Waals surface area contributed by atoms with Crippen LogP contribution in [0.3, 0.4) is 0 Å². The van der Waals surface area contributed by atoms with Gasteiger partial charge in [-0.25, -0.2) is 9.97 Å². The summed E-state index contributed by atoms with van der Waals surface area (Å²) in [5.41, 5.74) is 2.24. The summed E-state index contributed by atoms with van der Waals surface area (Å²) in [6.45, 7) is 6.76. The lowest BCUT2D eigenvalue weighted by molar-refractivity contribution is 0.558. The maximum atomic E-state index is 13.2. The number of fused-ring (bicyclic) bond motifs is 2. The quantitative estimate of drug-likeness (QED) is 0.342. The van der Waals surface area contributed by atoms with Crippen molar-refractivity contribution in [1.29, 1.82) is 0 Å². The molecule has 0 aliphatic rings. The van der Waals surface area contributed by atoms with Crippen LogP contribution in [0.4, 0.5) is 0 Å². The Morgan fingerprint density at radius 3 is 2.79 bits per heavy atom. The first-order valence-corrected chi connectivity index (χ1v) is 11.4. The van der Waals surface area contributed by atoms with Gasteiger partial charge in [0, 0.05) is 29.4 Å². The van der Waals surface area contributed by atoms with E-state index in [1.54, 1.807) is 34.2 Å². The van der Waals surface area contributed by atoms with E-state index in [4.69, 9.17) is 4.98 Å². The summed E-state index contributed by atoms with van der Waals surface area (Å²) >= 11 is 3.02. The number of pyridine rings is 1. The highest BCUT2D eigenvalue weighted by Crippen LogP contribution is 2.29. The van der Waals surface area contributed by atoms with Crippen molar-refractivity contribution in [1.82, 2.24) is 18.9 Å². The standard InChI is InChI=1S/C21H22N4O2S2/c1-4-5-9-25-20(27)18-13(2)14(3)29-19(18)23-21(25)28-12-15-11-17(26)24-10-7-6-8-16(24)22-15/h6-8,10-11H,4-5,9,12H2,1-3H3. The van der Waals surface area contributed by atoms with Crippen LogP contribution in [0.25, 0.3) is 15.9 Å². The molecule has 0 aromatic carbocycles. The summed E-state index contributed by atoms with van der Waals surface area (Å²) in [6.07, 6.45) is 3.62. The van der Waals surface area contributed by atoms with E-state index in [-0.39, 0.29) is 11.1 Å². The Kier molecular flexibility index (Phi) is 5.56. The van der Waals surface area contributed by atoms with E-state index in [9.17, 15) is 9.59 Å². The fraction of sp³-hybridized carbons (Fsp3) is 0.333. The molecule has 0 spiro atoms. The van der Waals surface area contributed by atoms with Gasteiger partial charge in [0.05, 0.1) is 11.1 Å². The molecule has 6 nitrogen and oxygen atoms in total. The van der Waals surface area contributed by atoms with Crippen molar-refractivity contribution in [3.8, 4) is 0 Å². The fourth-order valence-corrected chi connectivity index (χ4v) is 5.24. The van der Waals surface area contributed by atoms with Crippen LogP contribution in [0.2, 0.25) is 0 Å². The fourth-order valence-electron chi connectivity index (χ4n) is 3.25. The van der Waals surface area contributed by atoms with Gasteiger partial charge in [0.2, 0.25) is 0 Å². The smallest absolute Gasteiger partial charge is 0.263 e. The molecule has 4 aromatic heterocycles. The highest BCUT2D eigenvalue weighted by atomic mass is 32.2. The number of hydrogen-bond acceptors (Lipinski definition) is 6. The Morgan fingerprint density at radius 2 is 2.00 bits per heavy atom. The third kappa shape index (κ3) is 3.74. The van der Waals surface area contributed by atoms with E-state index in [1.807, 2.05) is 26.0 Å². The molecule has 0 bridgehead atoms. The molecule has 150 valence electrons. The lowest BCUT2D eigenvalue weighted by Crippen LogP contribution is -2.23. The molecule has 0 amide bonds. The second-order valence-electron chi connectivity index (χ2n) is 6.97. The first-order valence-electron chi connectivity index (χ1n) is 9.60. The van der Waals surface area contributed by atoms with Gasteiger partial charge in [0.15, 0.2) is 5.16 Å². The summed E-state index contributed by atoms with van der Waals surface area (Å²) < 4.78 is 3.30. The van der Waals surface area contributed by atoms with E-state index in [0.717, 1.165) is 33.5 Å². The molecular formula is C21H22N4O2S2. The maximum absolute atomic E-state index is 13.2. The van der Waals surface area contributed by atoms with Crippen molar-refractivity contribution in [2.75, 3.05) is 0 Å². The van der Waals surface area contributed by atoms with Crippen LogP contribution in [-0.2, 0) is 12.3 Å². The zero-order valence-electron chi connectivity index (χ0n) is 16.6. The van der Waals surface area contributed by atoms with Crippen LogP contribution in [0.1, 0.15) is 35.9 Å². The Balaban J connectivity index is 1.73. The summed E-state index contributed by atoms with van der Waals surface area (Å²) in [6, 6.07) is 7.03. The highest BCUT2D eigenvalue weighted by molar-refractivity contribution is 7.98. The highest BCUT2D eigenvalue weighted by Gasteiger charge is 2.17. The van der Waals surface area contributed by atoms with Crippen LogP contribution >= 0.6 is 23.1 Å². The number of nitrogens with zero attached hydrogens (tertiary/aromatic N) is 4. The first-order chi connectivity index (χ1) is 14.0. The SMILES string of the molecule is CCCCn1c(SCc2cc(=O)n3ccccc3n2)nc2sc(C)c(C)c2c1=O. The molecule has 29 heavy (non-hydrogen) atoms. The molecule has 0 fully saturated rings. The van der Waals surface area contributed by atoms with Crippen molar-refractivity contribution in [3.63, 3.8) is 0 Å². The van der Waals surface area contributed by atoms with Crippen molar-refractivity contribution < 1.29 is 0 Å². The predicted molar refractivity (Wildman–Crippen MR) is 119 cm³/mol. The van der Waals surface area contributed by atoms with Gasteiger partial charge in [-0.1, -0.05) is 31.2 Å². The van der Waals surface area contributed by atoms with Crippen molar-refractivity contribution in [2.45, 2.75) is 51.1 Å². The van der Waals surface area contributed by atoms with Gasteiger partial charge in [-0.15, -0.1) is 11.3 Å². The Morgan fingerprint density at radius 1 is 1.17 bits per heavy atom. The normalized spacial score (nSPS) is 11.6.